The highest BCUT2D eigenvalue weighted by atomic mass is 16.7. The molecule has 0 aliphatic carbocycles. The minimum Gasteiger partial charge on any atom is -0.352 e. The van der Waals surface area contributed by atoms with Gasteiger partial charge in [0.25, 0.3) is 7.41 Å². The fraction of sp³-hybridized carbons (Fsp3) is 0.550. The Bertz CT molecular complexity index is 749. The maximum atomic E-state index is 12.8. The van der Waals surface area contributed by atoms with Crippen LogP contribution in [0.1, 0.15) is 31.2 Å². The standard InChI is InChI=1S/C20H27BN4O4/c26-14-21-23-9-4-7-16(8-10-23)22-19(27)18-11-17-12-24(18)20(28)25(17)29-13-15-5-2-1-3-6-15/h1-3,5-6,14,16-18,21H,4,7-13H2,(H,22,27)/t16-,17+,18-/m0/s1. The van der Waals surface area contributed by atoms with E-state index < -0.39 is 6.04 Å². The summed E-state index contributed by atoms with van der Waals surface area (Å²) in [5.74, 6) is -0.0719. The molecule has 1 N–H and O–H groups in total. The number of nitrogens with zero attached hydrogens (tertiary/aromatic N) is 3. The van der Waals surface area contributed by atoms with E-state index in [9.17, 15) is 14.4 Å². The van der Waals surface area contributed by atoms with E-state index in [4.69, 9.17) is 4.84 Å². The number of benzene rings is 1. The van der Waals surface area contributed by atoms with Crippen LogP contribution in [-0.2, 0) is 21.0 Å². The van der Waals surface area contributed by atoms with E-state index in [-0.39, 0.29) is 24.0 Å². The molecule has 0 radical (unpaired) electrons. The number of carbonyl (C=O) groups excluding carboxylic acids is 3. The number of hydrogen-bond donors (Lipinski definition) is 1. The van der Waals surface area contributed by atoms with Crippen LogP contribution in [0.15, 0.2) is 30.3 Å². The Kier molecular flexibility index (Phi) is 6.15. The van der Waals surface area contributed by atoms with Crippen molar-refractivity contribution in [2.75, 3.05) is 19.6 Å². The maximum Gasteiger partial charge on any atom is 0.345 e. The van der Waals surface area contributed by atoms with E-state index in [0.717, 1.165) is 44.1 Å². The van der Waals surface area contributed by atoms with Crippen LogP contribution in [0, 0.1) is 0 Å². The van der Waals surface area contributed by atoms with Crippen LogP contribution in [0.5, 0.6) is 0 Å². The van der Waals surface area contributed by atoms with Crippen molar-refractivity contribution in [2.45, 2.75) is 50.4 Å². The third kappa shape index (κ3) is 4.46. The van der Waals surface area contributed by atoms with Gasteiger partial charge in [-0.15, -0.1) is 0 Å². The lowest BCUT2D eigenvalue weighted by atomic mass is 9.94. The van der Waals surface area contributed by atoms with Gasteiger partial charge in [0, 0.05) is 19.0 Å². The number of amides is 3. The Labute approximate surface area is 171 Å². The van der Waals surface area contributed by atoms with E-state index in [1.54, 1.807) is 4.90 Å². The predicted molar refractivity (Wildman–Crippen MR) is 109 cm³/mol. The summed E-state index contributed by atoms with van der Waals surface area (Å²) in [5, 5.41) is 4.56. The number of fused-ring (bicyclic) bond motifs is 2. The first-order valence-electron chi connectivity index (χ1n) is 10.4. The van der Waals surface area contributed by atoms with Gasteiger partial charge in [-0.3, -0.25) is 9.63 Å². The van der Waals surface area contributed by atoms with Crippen LogP contribution in [0.2, 0.25) is 0 Å². The summed E-state index contributed by atoms with van der Waals surface area (Å²) in [7, 11) is 0.450. The SMILES string of the molecule is O=CBN1CCC[C@H](NC(=O)[C@@H]2C[C@@H]3CN2C(=O)N3OCc2ccccc2)CC1. The molecule has 3 aliphatic rings. The first-order chi connectivity index (χ1) is 14.2. The molecular weight excluding hydrogens is 371 g/mol. The average Bonchev–Trinajstić information content (AvgIpc) is 3.21. The van der Waals surface area contributed by atoms with Crippen molar-refractivity contribution < 1.29 is 19.2 Å². The molecule has 0 aromatic heterocycles. The number of rotatable bonds is 7. The van der Waals surface area contributed by atoms with Gasteiger partial charge in [-0.05, 0) is 37.9 Å². The molecule has 3 aliphatic heterocycles. The molecule has 29 heavy (non-hydrogen) atoms. The summed E-state index contributed by atoms with van der Waals surface area (Å²) in [6, 6.07) is 9.10. The monoisotopic (exact) mass is 398 g/mol. The molecular formula is C20H27BN4O4. The lowest BCUT2D eigenvalue weighted by Crippen LogP contribution is -2.53. The van der Waals surface area contributed by atoms with Crippen molar-refractivity contribution in [3.8, 4) is 0 Å². The van der Waals surface area contributed by atoms with Crippen molar-refractivity contribution in [1.82, 2.24) is 20.1 Å². The minimum atomic E-state index is -0.418. The van der Waals surface area contributed by atoms with Crippen LogP contribution in [-0.4, -0.2) is 78.1 Å². The first-order valence-corrected chi connectivity index (χ1v) is 10.4. The van der Waals surface area contributed by atoms with Gasteiger partial charge in [-0.25, -0.2) is 4.79 Å². The normalized spacial score (nSPS) is 27.0. The third-order valence-electron chi connectivity index (χ3n) is 6.06. The average molecular weight is 398 g/mol. The van der Waals surface area contributed by atoms with Crippen LogP contribution in [0.3, 0.4) is 0 Å². The van der Waals surface area contributed by atoms with E-state index in [2.05, 4.69) is 10.1 Å². The van der Waals surface area contributed by atoms with E-state index in [0.29, 0.717) is 27.0 Å². The molecule has 154 valence electrons. The van der Waals surface area contributed by atoms with Crippen molar-refractivity contribution in [2.24, 2.45) is 0 Å². The smallest absolute Gasteiger partial charge is 0.345 e. The number of nitrogens with one attached hydrogen (secondary N) is 1. The summed E-state index contributed by atoms with van der Waals surface area (Å²) >= 11 is 0. The van der Waals surface area contributed by atoms with E-state index in [1.165, 1.54) is 5.06 Å². The second kappa shape index (κ2) is 8.96. The van der Waals surface area contributed by atoms with Gasteiger partial charge in [0.1, 0.15) is 12.6 Å². The molecule has 3 saturated heterocycles. The largest absolute Gasteiger partial charge is 0.352 e. The summed E-state index contributed by atoms with van der Waals surface area (Å²) in [6.45, 7) is 2.56. The molecule has 4 rings (SSSR count). The lowest BCUT2D eigenvalue weighted by molar-refractivity contribution is -0.151. The number of urea groups is 1. The Morgan fingerprint density at radius 2 is 2.07 bits per heavy atom. The third-order valence-corrected chi connectivity index (χ3v) is 6.06. The summed E-state index contributed by atoms with van der Waals surface area (Å²) < 4.78 is 0. The quantitative estimate of drug-likeness (QED) is 0.535. The topological polar surface area (TPSA) is 82.2 Å². The highest BCUT2D eigenvalue weighted by Gasteiger charge is 2.52. The summed E-state index contributed by atoms with van der Waals surface area (Å²) in [4.78, 5) is 45.7. The molecule has 1 aromatic rings. The second-order valence-electron chi connectivity index (χ2n) is 8.03. The molecule has 8 nitrogen and oxygen atoms in total. The zero-order chi connectivity index (χ0) is 20.2. The first kappa shape index (κ1) is 19.9. The van der Waals surface area contributed by atoms with Crippen LogP contribution >= 0.6 is 0 Å². The van der Waals surface area contributed by atoms with Crippen LogP contribution in [0.25, 0.3) is 0 Å². The summed E-state index contributed by atoms with van der Waals surface area (Å²) in [6.07, 6.45) is 4.21. The van der Waals surface area contributed by atoms with Gasteiger partial charge in [0.15, 0.2) is 0 Å². The number of hydroxylamine groups is 2. The molecule has 2 bridgehead atoms. The molecule has 3 atom stereocenters. The lowest BCUT2D eigenvalue weighted by Gasteiger charge is -2.31. The second-order valence-corrected chi connectivity index (χ2v) is 8.03. The zero-order valence-corrected chi connectivity index (χ0v) is 16.5. The number of hydrogen-bond acceptors (Lipinski definition) is 5. The van der Waals surface area contributed by atoms with Gasteiger partial charge in [-0.1, -0.05) is 30.3 Å². The highest BCUT2D eigenvalue weighted by molar-refractivity contribution is 6.64. The summed E-state index contributed by atoms with van der Waals surface area (Å²) in [5.41, 5.74) is 1.00. The van der Waals surface area contributed by atoms with Crippen molar-refractivity contribution in [3.63, 3.8) is 0 Å². The molecule has 3 fully saturated rings. The zero-order valence-electron chi connectivity index (χ0n) is 16.5. The maximum absolute atomic E-state index is 12.8. The Hall–Kier alpha value is -2.39. The molecule has 0 spiro atoms. The van der Waals surface area contributed by atoms with Crippen molar-refractivity contribution in [1.29, 1.82) is 0 Å². The molecule has 3 heterocycles. The molecule has 3 amide bonds. The molecule has 1 aromatic carbocycles. The van der Waals surface area contributed by atoms with Gasteiger partial charge < -0.3 is 19.8 Å². The van der Waals surface area contributed by atoms with Gasteiger partial charge in [0.2, 0.25) is 5.91 Å². The Morgan fingerprint density at radius 1 is 1.24 bits per heavy atom. The van der Waals surface area contributed by atoms with Crippen molar-refractivity contribution >= 4 is 25.5 Å². The molecule has 0 saturated carbocycles. The Balaban J connectivity index is 1.28. The van der Waals surface area contributed by atoms with E-state index >= 15 is 0 Å². The van der Waals surface area contributed by atoms with Gasteiger partial charge in [-0.2, -0.15) is 5.06 Å². The number of carbonyl (C=O) groups is 3. The van der Waals surface area contributed by atoms with Crippen LogP contribution < -0.4 is 5.32 Å². The van der Waals surface area contributed by atoms with E-state index in [1.807, 2.05) is 30.3 Å². The van der Waals surface area contributed by atoms with Crippen LogP contribution in [0.4, 0.5) is 4.79 Å². The van der Waals surface area contributed by atoms with Gasteiger partial charge >= 0.3 is 6.03 Å². The fourth-order valence-corrected chi connectivity index (χ4v) is 4.49. The molecule has 9 heteroatoms. The minimum absolute atomic E-state index is 0.0719. The fourth-order valence-electron chi connectivity index (χ4n) is 4.49. The predicted octanol–water partition coefficient (Wildman–Crippen LogP) is 0.509. The Morgan fingerprint density at radius 3 is 2.83 bits per heavy atom. The highest BCUT2D eigenvalue weighted by Crippen LogP contribution is 2.32. The van der Waals surface area contributed by atoms with Gasteiger partial charge in [0.05, 0.1) is 12.2 Å². The van der Waals surface area contributed by atoms with Crippen molar-refractivity contribution in [3.05, 3.63) is 35.9 Å². The molecule has 0 unspecified atom stereocenters.